The summed E-state index contributed by atoms with van der Waals surface area (Å²) >= 11 is 0. The first-order valence-electron chi connectivity index (χ1n) is 4.68. The van der Waals surface area contributed by atoms with Gasteiger partial charge in [0, 0.05) is 14.2 Å². The van der Waals surface area contributed by atoms with Crippen molar-refractivity contribution < 1.29 is 10.2 Å². The largest absolute Gasteiger partial charge is 0.400 e. The molecular weight excluding hydrogens is 152 g/mol. The molecular formula is C10H24O2. The van der Waals surface area contributed by atoms with Crippen LogP contribution in [0.2, 0.25) is 0 Å². The van der Waals surface area contributed by atoms with Gasteiger partial charge in [-0.05, 0) is 11.8 Å². The lowest BCUT2D eigenvalue weighted by Gasteiger charge is -2.22. The molecule has 0 aromatic rings. The standard InChI is InChI=1S/C8H16.2CH4O/c1-7-3-5-8(2)6-4-7;2*1-2/h7-8H,3-6H2,1-2H3;2*2H,1H3. The zero-order valence-electron chi connectivity index (χ0n) is 8.88. The van der Waals surface area contributed by atoms with Gasteiger partial charge in [0.05, 0.1) is 0 Å². The highest BCUT2D eigenvalue weighted by Gasteiger charge is 2.13. The summed E-state index contributed by atoms with van der Waals surface area (Å²) in [5.74, 6) is 2.04. The Hall–Kier alpha value is -0.0800. The maximum Gasteiger partial charge on any atom is 0.0319 e. The van der Waals surface area contributed by atoms with E-state index in [1.165, 1.54) is 25.7 Å². The van der Waals surface area contributed by atoms with Gasteiger partial charge in [0.2, 0.25) is 0 Å². The van der Waals surface area contributed by atoms with Gasteiger partial charge in [-0.25, -0.2) is 0 Å². The van der Waals surface area contributed by atoms with Crippen LogP contribution >= 0.6 is 0 Å². The molecule has 1 fully saturated rings. The first kappa shape index (κ1) is 14.4. The first-order valence-corrected chi connectivity index (χ1v) is 4.68. The Labute approximate surface area is 76.6 Å². The average molecular weight is 176 g/mol. The van der Waals surface area contributed by atoms with Crippen molar-refractivity contribution in [3.05, 3.63) is 0 Å². The molecule has 2 heteroatoms. The molecule has 2 nitrogen and oxygen atoms in total. The number of aliphatic hydroxyl groups excluding tert-OH is 2. The van der Waals surface area contributed by atoms with Crippen LogP contribution in [0.25, 0.3) is 0 Å². The van der Waals surface area contributed by atoms with Crippen LogP contribution in [0.5, 0.6) is 0 Å². The van der Waals surface area contributed by atoms with Crippen molar-refractivity contribution in [1.29, 1.82) is 0 Å². The van der Waals surface area contributed by atoms with Crippen LogP contribution in [-0.2, 0) is 0 Å². The molecule has 0 amide bonds. The Balaban J connectivity index is 0. The van der Waals surface area contributed by atoms with Crippen molar-refractivity contribution in [1.82, 2.24) is 0 Å². The summed E-state index contributed by atoms with van der Waals surface area (Å²) in [4.78, 5) is 0. The summed E-state index contributed by atoms with van der Waals surface area (Å²) in [5.41, 5.74) is 0. The highest BCUT2D eigenvalue weighted by molar-refractivity contribution is 4.65. The predicted molar refractivity (Wildman–Crippen MR) is 53.1 cm³/mol. The molecule has 0 aromatic heterocycles. The van der Waals surface area contributed by atoms with Crippen molar-refractivity contribution in [2.24, 2.45) is 11.8 Å². The molecule has 1 rings (SSSR count). The number of hydrogen-bond acceptors (Lipinski definition) is 2. The summed E-state index contributed by atoms with van der Waals surface area (Å²) in [5, 5.41) is 14.0. The van der Waals surface area contributed by atoms with E-state index in [1.807, 2.05) is 0 Å². The van der Waals surface area contributed by atoms with Crippen LogP contribution in [0, 0.1) is 11.8 Å². The van der Waals surface area contributed by atoms with Crippen LogP contribution < -0.4 is 0 Å². The molecule has 1 saturated carbocycles. The number of hydrogen-bond donors (Lipinski definition) is 2. The van der Waals surface area contributed by atoms with E-state index in [4.69, 9.17) is 10.2 Å². The molecule has 0 aliphatic heterocycles. The van der Waals surface area contributed by atoms with E-state index in [0.717, 1.165) is 26.1 Å². The molecule has 0 radical (unpaired) electrons. The van der Waals surface area contributed by atoms with Gasteiger partial charge in [0.25, 0.3) is 0 Å². The third-order valence-electron chi connectivity index (χ3n) is 2.30. The fourth-order valence-electron chi connectivity index (χ4n) is 1.43. The lowest BCUT2D eigenvalue weighted by Crippen LogP contribution is -2.08. The third-order valence-corrected chi connectivity index (χ3v) is 2.30. The van der Waals surface area contributed by atoms with E-state index in [9.17, 15) is 0 Å². The molecule has 1 aliphatic carbocycles. The minimum Gasteiger partial charge on any atom is -0.400 e. The summed E-state index contributed by atoms with van der Waals surface area (Å²) < 4.78 is 0. The van der Waals surface area contributed by atoms with Crippen molar-refractivity contribution in [3.8, 4) is 0 Å². The van der Waals surface area contributed by atoms with Gasteiger partial charge in [-0.3, -0.25) is 0 Å². The molecule has 76 valence electrons. The molecule has 12 heavy (non-hydrogen) atoms. The van der Waals surface area contributed by atoms with Crippen molar-refractivity contribution in [3.63, 3.8) is 0 Å². The fourth-order valence-corrected chi connectivity index (χ4v) is 1.43. The summed E-state index contributed by atoms with van der Waals surface area (Å²) in [6, 6.07) is 0. The van der Waals surface area contributed by atoms with Gasteiger partial charge in [0.1, 0.15) is 0 Å². The maximum atomic E-state index is 7.00. The second-order valence-corrected chi connectivity index (χ2v) is 3.37. The quantitative estimate of drug-likeness (QED) is 0.593. The van der Waals surface area contributed by atoms with Crippen molar-refractivity contribution in [2.45, 2.75) is 39.5 Å². The summed E-state index contributed by atoms with van der Waals surface area (Å²) in [6.45, 7) is 4.73. The molecule has 0 bridgehead atoms. The van der Waals surface area contributed by atoms with Crippen LogP contribution in [0.1, 0.15) is 39.5 Å². The normalized spacial score (nSPS) is 27.5. The lowest BCUT2D eigenvalue weighted by atomic mass is 9.84. The summed E-state index contributed by atoms with van der Waals surface area (Å²) in [7, 11) is 2.00. The highest BCUT2D eigenvalue weighted by atomic mass is 16.2. The van der Waals surface area contributed by atoms with Crippen LogP contribution in [0.15, 0.2) is 0 Å². The van der Waals surface area contributed by atoms with E-state index in [1.54, 1.807) is 0 Å². The van der Waals surface area contributed by atoms with Gasteiger partial charge in [-0.15, -0.1) is 0 Å². The zero-order valence-corrected chi connectivity index (χ0v) is 8.88. The molecule has 0 atom stereocenters. The van der Waals surface area contributed by atoms with Crippen molar-refractivity contribution in [2.75, 3.05) is 14.2 Å². The molecule has 0 saturated heterocycles. The Kier molecular flexibility index (Phi) is 13.1. The number of rotatable bonds is 0. The average Bonchev–Trinajstić information content (AvgIpc) is 2.17. The van der Waals surface area contributed by atoms with Gasteiger partial charge < -0.3 is 10.2 Å². The van der Waals surface area contributed by atoms with Crippen LogP contribution in [0.3, 0.4) is 0 Å². The Morgan fingerprint density at radius 2 is 0.833 bits per heavy atom. The summed E-state index contributed by atoms with van der Waals surface area (Å²) in [6.07, 6.45) is 5.89. The molecule has 2 N–H and O–H groups in total. The maximum absolute atomic E-state index is 7.00. The molecule has 0 spiro atoms. The minimum absolute atomic E-state index is 1.00. The topological polar surface area (TPSA) is 40.5 Å². The van der Waals surface area contributed by atoms with Gasteiger partial charge in [0.15, 0.2) is 0 Å². The van der Waals surface area contributed by atoms with E-state index in [-0.39, 0.29) is 0 Å². The van der Waals surface area contributed by atoms with Gasteiger partial charge in [-0.2, -0.15) is 0 Å². The van der Waals surface area contributed by atoms with Crippen LogP contribution in [0.4, 0.5) is 0 Å². The predicted octanol–water partition coefficient (Wildman–Crippen LogP) is 2.05. The number of aliphatic hydroxyl groups is 2. The van der Waals surface area contributed by atoms with Gasteiger partial charge >= 0.3 is 0 Å². The molecule has 0 unspecified atom stereocenters. The lowest BCUT2D eigenvalue weighted by molar-refractivity contribution is 0.308. The van der Waals surface area contributed by atoms with Crippen LogP contribution in [-0.4, -0.2) is 24.4 Å². The smallest absolute Gasteiger partial charge is 0.0319 e. The molecule has 0 heterocycles. The van der Waals surface area contributed by atoms with E-state index in [2.05, 4.69) is 13.8 Å². The van der Waals surface area contributed by atoms with Gasteiger partial charge in [-0.1, -0.05) is 39.5 Å². The Morgan fingerprint density at radius 1 is 0.667 bits per heavy atom. The zero-order chi connectivity index (χ0) is 9.98. The van der Waals surface area contributed by atoms with Crippen molar-refractivity contribution >= 4 is 0 Å². The monoisotopic (exact) mass is 176 g/mol. The Morgan fingerprint density at radius 3 is 1.00 bits per heavy atom. The fraction of sp³-hybridized carbons (Fsp3) is 1.00. The second kappa shape index (κ2) is 10.9. The Bertz CT molecular complexity index is 56.2. The minimum atomic E-state index is 1.00. The van der Waals surface area contributed by atoms with E-state index < -0.39 is 0 Å². The molecule has 1 aliphatic rings. The highest BCUT2D eigenvalue weighted by Crippen LogP contribution is 2.27. The van der Waals surface area contributed by atoms with E-state index >= 15 is 0 Å². The first-order chi connectivity index (χ1) is 5.79. The SMILES string of the molecule is CC1CCC(C)CC1.CO.CO. The third kappa shape index (κ3) is 8.02. The second-order valence-electron chi connectivity index (χ2n) is 3.37. The molecule has 0 aromatic carbocycles. The van der Waals surface area contributed by atoms with E-state index in [0.29, 0.717) is 0 Å².